The summed E-state index contributed by atoms with van der Waals surface area (Å²) in [5, 5.41) is 39.6. The van der Waals surface area contributed by atoms with Crippen molar-refractivity contribution in [3.8, 4) is 11.3 Å². The number of aliphatic carboxylic acids is 1. The maximum atomic E-state index is 13.0. The highest BCUT2D eigenvalue weighted by molar-refractivity contribution is 9.10. The number of nitrogens with two attached hydrogens (primary N) is 1. The van der Waals surface area contributed by atoms with Crippen molar-refractivity contribution in [3.63, 3.8) is 0 Å². The number of hydrogen-bond acceptors (Lipinski definition) is 14. The number of rotatable bonds is 7. The van der Waals surface area contributed by atoms with E-state index in [0.29, 0.717) is 58.2 Å². The molecule has 8 heterocycles. The van der Waals surface area contributed by atoms with Crippen LogP contribution in [-0.2, 0) is 20.9 Å². The predicted molar refractivity (Wildman–Crippen MR) is 295 cm³/mol. The first-order valence-electron chi connectivity index (χ1n) is 22.7. The van der Waals surface area contributed by atoms with Crippen LogP contribution in [0.25, 0.3) is 39.1 Å². The number of anilines is 3. The zero-order valence-corrected chi connectivity index (χ0v) is 42.2. The van der Waals surface area contributed by atoms with Crippen molar-refractivity contribution in [2.24, 2.45) is 22.7 Å². The smallest absolute Gasteiger partial charge is 0.481 e. The fourth-order valence-electron chi connectivity index (χ4n) is 7.77. The third-order valence-corrected chi connectivity index (χ3v) is 12.9. The predicted octanol–water partition coefficient (Wildman–Crippen LogP) is 7.68. The molecule has 8 N–H and O–H groups in total. The average Bonchev–Trinajstić information content (AvgIpc) is 4.13. The molecule has 3 saturated carbocycles. The summed E-state index contributed by atoms with van der Waals surface area (Å²) < 4.78 is 44.1. The zero-order chi connectivity index (χ0) is 52.5. The summed E-state index contributed by atoms with van der Waals surface area (Å²) in [5.74, 6) is -2.07. The summed E-state index contributed by atoms with van der Waals surface area (Å²) in [6.07, 6.45) is 16.6. The van der Waals surface area contributed by atoms with E-state index >= 15 is 0 Å². The van der Waals surface area contributed by atoms with E-state index < -0.39 is 49.4 Å². The topological polar surface area (TPSA) is 294 Å². The molecule has 9 aromatic rings. The molecule has 0 radical (unpaired) electrons. The summed E-state index contributed by atoms with van der Waals surface area (Å²) in [7, 11) is -1.40. The van der Waals surface area contributed by atoms with Crippen LogP contribution in [0.3, 0.4) is 0 Å². The first-order chi connectivity index (χ1) is 35.4. The number of nitrogens with one attached hydrogen (secondary N) is 3. The van der Waals surface area contributed by atoms with Gasteiger partial charge in [-0.2, -0.15) is 5.10 Å². The highest BCUT2D eigenvalue weighted by atomic mass is 79.9. The summed E-state index contributed by atoms with van der Waals surface area (Å²) in [6, 6.07) is 7.87. The Labute approximate surface area is 456 Å². The molecule has 21 nitrogen and oxygen atoms in total. The van der Waals surface area contributed by atoms with Crippen molar-refractivity contribution in [3.05, 3.63) is 118 Å². The van der Waals surface area contributed by atoms with E-state index in [2.05, 4.69) is 87.6 Å². The monoisotopic (exact) mass is 1190 g/mol. The molecule has 4 aliphatic rings. The largest absolute Gasteiger partial charge is 0.489 e. The molecular formula is C50H55BBr2F3N15O6. The van der Waals surface area contributed by atoms with Crippen LogP contribution in [0.1, 0.15) is 63.8 Å². The van der Waals surface area contributed by atoms with Gasteiger partial charge >= 0.3 is 13.1 Å². The van der Waals surface area contributed by atoms with Crippen LogP contribution in [0.4, 0.5) is 30.6 Å². The van der Waals surface area contributed by atoms with Crippen molar-refractivity contribution in [2.45, 2.75) is 80.4 Å². The van der Waals surface area contributed by atoms with Gasteiger partial charge in [-0.3, -0.25) is 29.5 Å². The van der Waals surface area contributed by atoms with Crippen LogP contribution >= 0.6 is 31.9 Å². The molecule has 6 atom stereocenters. The standard InChI is InChI=1S/C18H15FN6O.C10H8BrFN4O.C9H10BNO2.C6H5BrN4.C4H5FO2.3CH4/c1-9-2-3-13-11(5-21-24-13)17(9)14-7-25-8-15(22-16(25)6-20-14)23-18(26)10-4-12(10)19;11-7-3-16-4-8(14-9(16)2-13-7)15-10(17)5-1-6(5)12;1-6-2-3-7-4-11-5-8(7)9(6)10(12)13;7-4-2-11-3-5(8)10-6(11)1-9-4;5-3-1-2(3)4(6)7;;;/h2-3,5-8,10,12H,4H2,1H3,(H,21,24)(H,23,26);2-6H,1H2,(H,15,17);2-3,5,12-13H,4H2,1H3;1-3H,8H2;2-3H,1H2,(H,6,7);3*1H4/t10-,12+;5-,6+;;;2-,3+;;;/m11..1.../s1. The molecule has 1 aliphatic heterocycles. The number of alkyl halides is 3. The number of carbonyl (C=O) groups excluding carboxylic acids is 2. The van der Waals surface area contributed by atoms with Crippen molar-refractivity contribution in [1.82, 2.24) is 53.3 Å². The first kappa shape index (κ1) is 58.6. The van der Waals surface area contributed by atoms with Gasteiger partial charge in [-0.05, 0) is 93.2 Å². The minimum Gasteiger partial charge on any atom is -0.481 e. The summed E-state index contributed by atoms with van der Waals surface area (Å²) in [6.45, 7) is 4.53. The second-order valence-electron chi connectivity index (χ2n) is 17.6. The molecule has 0 bridgehead atoms. The van der Waals surface area contributed by atoms with Gasteiger partial charge < -0.3 is 44.7 Å². The van der Waals surface area contributed by atoms with Gasteiger partial charge in [-0.15, -0.1) is 0 Å². The Hall–Kier alpha value is -7.62. The lowest BCUT2D eigenvalue weighted by Gasteiger charge is -2.08. The van der Waals surface area contributed by atoms with Crippen molar-refractivity contribution >= 4 is 114 Å². The molecule has 2 aromatic carbocycles. The number of aromatic nitrogens is 11. The number of nitrogen functional groups attached to an aromatic ring is 1. The fraction of sp³-hybridized carbons (Fsp3) is 0.300. The molecular weight excluding hydrogens is 1130 g/mol. The third-order valence-electron chi connectivity index (χ3n) is 12.0. The number of benzene rings is 2. The summed E-state index contributed by atoms with van der Waals surface area (Å²) >= 11 is 6.48. The normalized spacial score (nSPS) is 18.7. The lowest BCUT2D eigenvalue weighted by atomic mass is 9.73. The van der Waals surface area contributed by atoms with Gasteiger partial charge in [0.15, 0.2) is 28.6 Å². The fourth-order valence-corrected chi connectivity index (χ4v) is 8.42. The number of H-pyrrole nitrogens is 1. The first-order valence-corrected chi connectivity index (χ1v) is 24.3. The van der Waals surface area contributed by atoms with E-state index in [9.17, 15) is 27.6 Å². The van der Waals surface area contributed by atoms with Crippen LogP contribution < -0.4 is 21.8 Å². The van der Waals surface area contributed by atoms with Crippen molar-refractivity contribution in [2.75, 3.05) is 16.4 Å². The number of carboxylic acids is 1. The van der Waals surface area contributed by atoms with Crippen LogP contribution in [0.5, 0.6) is 0 Å². The summed E-state index contributed by atoms with van der Waals surface area (Å²) in [4.78, 5) is 62.2. The summed E-state index contributed by atoms with van der Waals surface area (Å²) in [5.41, 5.74) is 14.7. The maximum absolute atomic E-state index is 13.0. The van der Waals surface area contributed by atoms with Crippen LogP contribution in [0.15, 0.2) is 100 Å². The minimum atomic E-state index is -1.40. The number of carbonyl (C=O) groups is 3. The SMILES string of the molecule is C.C.C.Cc1ccc2[nH]ncc2c1-c1cn2cc(NC(=O)[C@@H]3C[C@@H]3F)nc2cn1.Cc1ccc2c(c1B(O)O)C=NC2.Nc1cn2cc(Br)ncc2n1.O=C(Nc1cn2cc(Br)ncc2n1)[C@@H]1C[C@@H]1F.O=C(O)[C@@H]1C[C@@H]1F. The van der Waals surface area contributed by atoms with Crippen LogP contribution in [0.2, 0.25) is 0 Å². The van der Waals surface area contributed by atoms with E-state index in [4.69, 9.17) is 20.9 Å². The van der Waals surface area contributed by atoms with E-state index in [-0.39, 0.29) is 40.5 Å². The number of nitrogens with zero attached hydrogens (tertiary/aromatic N) is 11. The molecule has 0 unspecified atom stereocenters. The lowest BCUT2D eigenvalue weighted by Crippen LogP contribution is -2.35. The van der Waals surface area contributed by atoms with Gasteiger partial charge in [-0.25, -0.2) is 38.1 Å². The number of aryl methyl sites for hydroxylation is 2. The minimum absolute atomic E-state index is 0. The van der Waals surface area contributed by atoms with E-state index in [0.717, 1.165) is 54.7 Å². The third kappa shape index (κ3) is 13.9. The molecule has 27 heteroatoms. The molecule has 13 rings (SSSR count). The van der Waals surface area contributed by atoms with Gasteiger partial charge in [0, 0.05) is 35.8 Å². The molecule has 2 amide bonds. The number of hydrogen-bond donors (Lipinski definition) is 7. The molecule has 77 heavy (non-hydrogen) atoms. The quantitative estimate of drug-likeness (QED) is 0.0754. The number of aromatic amines is 1. The Morgan fingerprint density at radius 1 is 0.701 bits per heavy atom. The number of amides is 2. The van der Waals surface area contributed by atoms with E-state index in [1.165, 1.54) is 0 Å². The molecule has 7 aromatic heterocycles. The van der Waals surface area contributed by atoms with Crippen LogP contribution in [-0.4, -0.2) is 118 Å². The highest BCUT2D eigenvalue weighted by Gasteiger charge is 2.45. The molecule has 0 spiro atoms. The van der Waals surface area contributed by atoms with E-state index in [1.54, 1.807) is 70.8 Å². The van der Waals surface area contributed by atoms with Crippen molar-refractivity contribution in [1.29, 1.82) is 0 Å². The molecule has 3 aliphatic carbocycles. The average molecular weight is 1190 g/mol. The van der Waals surface area contributed by atoms with Gasteiger partial charge in [0.25, 0.3) is 0 Å². The van der Waals surface area contributed by atoms with Gasteiger partial charge in [0.05, 0.1) is 78.9 Å². The van der Waals surface area contributed by atoms with Gasteiger partial charge in [-0.1, -0.05) is 46.0 Å². The zero-order valence-electron chi connectivity index (χ0n) is 39.0. The highest BCUT2D eigenvalue weighted by Crippen LogP contribution is 2.36. The molecule has 404 valence electrons. The molecule has 3 fully saturated rings. The van der Waals surface area contributed by atoms with E-state index in [1.807, 2.05) is 48.7 Å². The number of carboxylic acid groups (broad SMARTS) is 1. The Bertz CT molecular complexity index is 3630. The maximum Gasteiger partial charge on any atom is 0.489 e. The Kier molecular flexibility index (Phi) is 18.7. The second kappa shape index (κ2) is 24.6. The van der Waals surface area contributed by atoms with Crippen molar-refractivity contribution < 1.29 is 42.7 Å². The Morgan fingerprint density at radius 3 is 1.73 bits per heavy atom. The van der Waals surface area contributed by atoms with Crippen LogP contribution in [0, 0.1) is 31.6 Å². The second-order valence-corrected chi connectivity index (χ2v) is 19.2. The number of fused-ring (bicyclic) bond motifs is 5. The molecule has 0 saturated heterocycles. The Morgan fingerprint density at radius 2 is 1.21 bits per heavy atom. The van der Waals surface area contributed by atoms with Gasteiger partial charge in [0.1, 0.15) is 33.5 Å². The number of aliphatic imine (C=N–C) groups is 1. The Balaban J connectivity index is 0.000000165. The number of halogens is 5. The lowest BCUT2D eigenvalue weighted by molar-refractivity contribution is -0.139. The number of imidazole rings is 3. The van der Waals surface area contributed by atoms with Gasteiger partial charge in [0.2, 0.25) is 11.8 Å².